The largest absolute Gasteiger partial charge is 0.491 e. The molecule has 2 aromatic rings. The summed E-state index contributed by atoms with van der Waals surface area (Å²) in [5.41, 5.74) is 1.14. The van der Waals surface area contributed by atoms with Crippen molar-refractivity contribution in [3.63, 3.8) is 0 Å². The lowest BCUT2D eigenvalue weighted by atomic mass is 10.0. The molecule has 38 heavy (non-hydrogen) atoms. The van der Waals surface area contributed by atoms with Crippen molar-refractivity contribution in [2.24, 2.45) is 0 Å². The van der Waals surface area contributed by atoms with E-state index in [1.165, 1.54) is 0 Å². The molecular weight excluding hydrogens is 484 g/mol. The van der Waals surface area contributed by atoms with Gasteiger partial charge in [-0.05, 0) is 37.5 Å². The summed E-state index contributed by atoms with van der Waals surface area (Å²) in [4.78, 5) is 54.8. The molecule has 0 radical (unpaired) electrons. The van der Waals surface area contributed by atoms with Gasteiger partial charge in [-0.3, -0.25) is 19.2 Å². The fourth-order valence-electron chi connectivity index (χ4n) is 4.42. The average molecular weight is 523 g/mol. The van der Waals surface area contributed by atoms with E-state index in [9.17, 15) is 19.2 Å². The van der Waals surface area contributed by atoms with Crippen LogP contribution in [0.2, 0.25) is 0 Å². The van der Waals surface area contributed by atoms with Crippen molar-refractivity contribution in [3.8, 4) is 5.75 Å². The number of benzene rings is 2. The van der Waals surface area contributed by atoms with Crippen LogP contribution in [-0.2, 0) is 20.8 Å². The van der Waals surface area contributed by atoms with Crippen LogP contribution in [0.15, 0.2) is 54.6 Å². The molecule has 0 unspecified atom stereocenters. The zero-order chi connectivity index (χ0) is 27.5. The molecule has 3 N–H and O–H groups in total. The fourth-order valence-corrected chi connectivity index (χ4v) is 4.42. The third-order valence-corrected chi connectivity index (χ3v) is 6.70. The van der Waals surface area contributed by atoms with Gasteiger partial charge in [0.25, 0.3) is 5.91 Å². The first-order valence-electron chi connectivity index (χ1n) is 13.3. The molecule has 0 aliphatic carbocycles. The Bertz CT molecular complexity index is 1100. The maximum Gasteiger partial charge on any atom is 0.255 e. The van der Waals surface area contributed by atoms with Crippen molar-refractivity contribution in [2.75, 3.05) is 19.7 Å². The summed E-state index contributed by atoms with van der Waals surface area (Å²) in [7, 11) is 0. The first-order chi connectivity index (χ1) is 18.4. The number of para-hydroxylation sites is 1. The summed E-state index contributed by atoms with van der Waals surface area (Å²) >= 11 is 0. The van der Waals surface area contributed by atoms with Crippen molar-refractivity contribution < 1.29 is 23.9 Å². The molecule has 3 rings (SSSR count). The van der Waals surface area contributed by atoms with Gasteiger partial charge >= 0.3 is 0 Å². The number of amides is 4. The predicted octanol–water partition coefficient (Wildman–Crippen LogP) is 2.45. The predicted molar refractivity (Wildman–Crippen MR) is 145 cm³/mol. The van der Waals surface area contributed by atoms with Gasteiger partial charge in [0, 0.05) is 19.0 Å². The molecule has 0 aromatic heterocycles. The molecule has 2 atom stereocenters. The number of nitrogens with one attached hydrogen (secondary N) is 3. The molecule has 0 fully saturated rings. The standard InChI is InChI=1S/C29H38N4O5/c1-4-21(5-2)30-28(36)23-19-26(34)31-24(18-20-12-8-7-9-13-20)29(37)33(6-3)16-17-38-25-15-11-10-14-22(25)27(35)32-23/h7-15,21,23-24H,4-6,16-19H2,1-3H3,(H,30,36)(H,31,34)(H,32,35)/t23-,24-/m0/s1. The summed E-state index contributed by atoms with van der Waals surface area (Å²) in [6.07, 6.45) is 1.41. The Kier molecular flexibility index (Phi) is 10.7. The normalized spacial score (nSPS) is 19.1. The van der Waals surface area contributed by atoms with Crippen molar-refractivity contribution in [1.82, 2.24) is 20.9 Å². The van der Waals surface area contributed by atoms with Crippen LogP contribution in [-0.4, -0.2) is 66.4 Å². The molecule has 1 aliphatic heterocycles. The Morgan fingerprint density at radius 2 is 1.68 bits per heavy atom. The maximum atomic E-state index is 13.5. The van der Waals surface area contributed by atoms with Crippen LogP contribution in [0.3, 0.4) is 0 Å². The lowest BCUT2D eigenvalue weighted by Gasteiger charge is -2.28. The molecule has 9 heteroatoms. The van der Waals surface area contributed by atoms with Gasteiger partial charge in [0.15, 0.2) is 0 Å². The van der Waals surface area contributed by atoms with Crippen LogP contribution in [0.1, 0.15) is 56.0 Å². The highest BCUT2D eigenvalue weighted by molar-refractivity contribution is 6.01. The Hall–Kier alpha value is -3.88. The molecular formula is C29H38N4O5. The average Bonchev–Trinajstić information content (AvgIpc) is 2.93. The van der Waals surface area contributed by atoms with Crippen molar-refractivity contribution in [3.05, 3.63) is 65.7 Å². The monoisotopic (exact) mass is 522 g/mol. The highest BCUT2D eigenvalue weighted by atomic mass is 16.5. The Morgan fingerprint density at radius 3 is 2.37 bits per heavy atom. The number of carbonyl (C=O) groups is 4. The van der Waals surface area contributed by atoms with Crippen molar-refractivity contribution in [2.45, 2.75) is 64.6 Å². The van der Waals surface area contributed by atoms with Crippen LogP contribution in [0, 0.1) is 0 Å². The highest BCUT2D eigenvalue weighted by Crippen LogP contribution is 2.19. The molecule has 204 valence electrons. The van der Waals surface area contributed by atoms with E-state index in [-0.39, 0.29) is 37.1 Å². The Morgan fingerprint density at radius 1 is 1.00 bits per heavy atom. The SMILES string of the molecule is CCC(CC)NC(=O)[C@@H]1CC(=O)N[C@@H](Cc2ccccc2)C(=O)N(CC)CCOc2ccccc2C(=O)N1. The first-order valence-corrected chi connectivity index (χ1v) is 13.3. The molecule has 0 bridgehead atoms. The minimum absolute atomic E-state index is 0.0864. The van der Waals surface area contributed by atoms with Crippen LogP contribution >= 0.6 is 0 Å². The topological polar surface area (TPSA) is 117 Å². The van der Waals surface area contributed by atoms with E-state index in [1.807, 2.05) is 51.1 Å². The first kappa shape index (κ1) is 28.7. The second kappa shape index (κ2) is 14.2. The summed E-state index contributed by atoms with van der Waals surface area (Å²) in [5.74, 6) is -1.36. The number of hydrogen-bond acceptors (Lipinski definition) is 5. The number of ether oxygens (including phenoxy) is 1. The van der Waals surface area contributed by atoms with E-state index in [2.05, 4.69) is 16.0 Å². The number of rotatable bonds is 7. The van der Waals surface area contributed by atoms with Gasteiger partial charge in [0.2, 0.25) is 17.7 Å². The van der Waals surface area contributed by atoms with Gasteiger partial charge in [0.1, 0.15) is 24.4 Å². The number of hydrogen-bond donors (Lipinski definition) is 3. The molecule has 0 saturated carbocycles. The summed E-state index contributed by atoms with van der Waals surface area (Å²) < 4.78 is 5.91. The van der Waals surface area contributed by atoms with E-state index < -0.39 is 29.8 Å². The lowest BCUT2D eigenvalue weighted by molar-refractivity contribution is -0.137. The van der Waals surface area contributed by atoms with Gasteiger partial charge < -0.3 is 25.6 Å². The maximum absolute atomic E-state index is 13.5. The second-order valence-corrected chi connectivity index (χ2v) is 9.32. The zero-order valence-electron chi connectivity index (χ0n) is 22.4. The number of carbonyl (C=O) groups excluding carboxylic acids is 4. The molecule has 2 aromatic carbocycles. The minimum Gasteiger partial charge on any atom is -0.491 e. The molecule has 1 heterocycles. The Balaban J connectivity index is 1.94. The van der Waals surface area contributed by atoms with Gasteiger partial charge in [-0.15, -0.1) is 0 Å². The molecule has 0 saturated heterocycles. The third-order valence-electron chi connectivity index (χ3n) is 6.70. The van der Waals surface area contributed by atoms with E-state index >= 15 is 0 Å². The fraction of sp³-hybridized carbons (Fsp3) is 0.448. The number of nitrogens with zero attached hydrogens (tertiary/aromatic N) is 1. The van der Waals surface area contributed by atoms with Crippen LogP contribution < -0.4 is 20.7 Å². The van der Waals surface area contributed by atoms with E-state index in [1.54, 1.807) is 29.2 Å². The van der Waals surface area contributed by atoms with Crippen molar-refractivity contribution >= 4 is 23.6 Å². The van der Waals surface area contributed by atoms with Crippen LogP contribution in [0.4, 0.5) is 0 Å². The smallest absolute Gasteiger partial charge is 0.255 e. The summed E-state index contributed by atoms with van der Waals surface area (Å²) in [6.45, 7) is 6.65. The number of likely N-dealkylation sites (N-methyl/N-ethyl adjacent to an activating group) is 1. The quantitative estimate of drug-likeness (QED) is 0.517. The molecule has 0 spiro atoms. The van der Waals surface area contributed by atoms with Crippen LogP contribution in [0.25, 0.3) is 0 Å². The third kappa shape index (κ3) is 7.81. The summed E-state index contributed by atoms with van der Waals surface area (Å²) in [6, 6.07) is 14.1. The van der Waals surface area contributed by atoms with E-state index in [0.717, 1.165) is 5.56 Å². The zero-order valence-corrected chi connectivity index (χ0v) is 22.4. The number of fused-ring (bicyclic) bond motifs is 1. The van der Waals surface area contributed by atoms with Gasteiger partial charge in [-0.25, -0.2) is 0 Å². The van der Waals surface area contributed by atoms with Crippen molar-refractivity contribution in [1.29, 1.82) is 0 Å². The highest BCUT2D eigenvalue weighted by Gasteiger charge is 2.31. The lowest BCUT2D eigenvalue weighted by Crippen LogP contribution is -2.54. The molecule has 4 amide bonds. The molecule has 1 aliphatic rings. The van der Waals surface area contributed by atoms with Crippen LogP contribution in [0.5, 0.6) is 5.75 Å². The van der Waals surface area contributed by atoms with Gasteiger partial charge in [0.05, 0.1) is 18.5 Å². The minimum atomic E-state index is -1.13. The molecule has 9 nitrogen and oxygen atoms in total. The van der Waals surface area contributed by atoms with Gasteiger partial charge in [-0.1, -0.05) is 56.3 Å². The van der Waals surface area contributed by atoms with E-state index in [0.29, 0.717) is 31.6 Å². The second-order valence-electron chi connectivity index (χ2n) is 9.32. The van der Waals surface area contributed by atoms with E-state index in [4.69, 9.17) is 4.74 Å². The van der Waals surface area contributed by atoms with Gasteiger partial charge in [-0.2, -0.15) is 0 Å². The Labute approximate surface area is 224 Å². The summed E-state index contributed by atoms with van der Waals surface area (Å²) in [5, 5.41) is 8.47.